The number of amides is 3. The summed E-state index contributed by atoms with van der Waals surface area (Å²) in [6.45, 7) is -2.52. The molecule has 1 aromatic carbocycles. The standard InChI is InChI=1S/C16H15F3N4O5/c17-16(18,19)8-20-15(27)22-12(24)7-28-13(25)5-6-23-9-21-11-4-2-1-3-10(11)14(23)26/h1-4,9H,5-8H2,(H2,20,22,24,27). The van der Waals surface area contributed by atoms with Crippen molar-refractivity contribution in [2.24, 2.45) is 0 Å². The van der Waals surface area contributed by atoms with E-state index in [-0.39, 0.29) is 18.5 Å². The van der Waals surface area contributed by atoms with Crippen LogP contribution in [0.25, 0.3) is 10.9 Å². The first-order chi connectivity index (χ1) is 13.2. The lowest BCUT2D eigenvalue weighted by Crippen LogP contribution is -2.44. The quantitative estimate of drug-likeness (QED) is 0.690. The van der Waals surface area contributed by atoms with Gasteiger partial charge >= 0.3 is 18.2 Å². The maximum atomic E-state index is 12.2. The zero-order chi connectivity index (χ0) is 20.7. The van der Waals surface area contributed by atoms with E-state index in [4.69, 9.17) is 0 Å². The number of para-hydroxylation sites is 1. The molecule has 1 heterocycles. The molecule has 0 aliphatic heterocycles. The lowest BCUT2D eigenvalue weighted by molar-refractivity contribution is -0.148. The molecule has 2 N–H and O–H groups in total. The molecule has 0 saturated carbocycles. The summed E-state index contributed by atoms with van der Waals surface area (Å²) >= 11 is 0. The van der Waals surface area contributed by atoms with Crippen molar-refractivity contribution in [3.8, 4) is 0 Å². The van der Waals surface area contributed by atoms with Crippen LogP contribution in [-0.2, 0) is 20.9 Å². The molecule has 0 bridgehead atoms. The number of ether oxygens (including phenoxy) is 1. The van der Waals surface area contributed by atoms with Crippen molar-refractivity contribution in [2.45, 2.75) is 19.1 Å². The minimum atomic E-state index is -4.62. The van der Waals surface area contributed by atoms with E-state index < -0.39 is 37.2 Å². The highest BCUT2D eigenvalue weighted by Crippen LogP contribution is 2.11. The van der Waals surface area contributed by atoms with Crippen LogP contribution in [0.2, 0.25) is 0 Å². The smallest absolute Gasteiger partial charge is 0.405 e. The number of aromatic nitrogens is 2. The topological polar surface area (TPSA) is 119 Å². The summed E-state index contributed by atoms with van der Waals surface area (Å²) in [5.74, 6) is -1.94. The number of benzene rings is 1. The number of nitrogens with zero attached hydrogens (tertiary/aromatic N) is 2. The second-order valence-corrected chi connectivity index (χ2v) is 5.52. The molecular formula is C16H15F3N4O5. The lowest BCUT2D eigenvalue weighted by Gasteiger charge is -2.09. The van der Waals surface area contributed by atoms with Gasteiger partial charge in [0.05, 0.1) is 23.7 Å². The molecule has 0 fully saturated rings. The highest BCUT2D eigenvalue weighted by molar-refractivity contribution is 5.95. The molecule has 0 radical (unpaired) electrons. The van der Waals surface area contributed by atoms with Crippen LogP contribution in [0.1, 0.15) is 6.42 Å². The van der Waals surface area contributed by atoms with Crippen LogP contribution in [0, 0.1) is 0 Å². The first-order valence-corrected chi connectivity index (χ1v) is 7.90. The number of alkyl halides is 3. The van der Waals surface area contributed by atoms with E-state index in [0.717, 1.165) is 0 Å². The average molecular weight is 400 g/mol. The third-order valence-electron chi connectivity index (χ3n) is 3.35. The fourth-order valence-corrected chi connectivity index (χ4v) is 2.08. The van der Waals surface area contributed by atoms with E-state index in [9.17, 15) is 32.3 Å². The fourth-order valence-electron chi connectivity index (χ4n) is 2.08. The molecule has 1 aromatic heterocycles. The zero-order valence-electron chi connectivity index (χ0n) is 14.3. The molecule has 0 atom stereocenters. The molecule has 0 aliphatic rings. The number of rotatable bonds is 6. The summed E-state index contributed by atoms with van der Waals surface area (Å²) in [5, 5.41) is 3.38. The van der Waals surface area contributed by atoms with Crippen LogP contribution in [-0.4, -0.2) is 46.8 Å². The highest BCUT2D eigenvalue weighted by Gasteiger charge is 2.28. The number of carbonyl (C=O) groups excluding carboxylic acids is 3. The van der Waals surface area contributed by atoms with Gasteiger partial charge in [0.1, 0.15) is 6.54 Å². The second kappa shape index (κ2) is 8.97. The molecule has 12 heteroatoms. The molecule has 2 rings (SSSR count). The van der Waals surface area contributed by atoms with E-state index in [0.29, 0.717) is 10.9 Å². The van der Waals surface area contributed by atoms with Crippen molar-refractivity contribution < 1.29 is 32.3 Å². The summed E-state index contributed by atoms with van der Waals surface area (Å²) in [5.41, 5.74) is 0.157. The predicted octanol–water partition coefficient (Wildman–Crippen LogP) is 0.718. The Balaban J connectivity index is 1.77. The molecule has 0 saturated heterocycles. The van der Waals surface area contributed by atoms with Gasteiger partial charge in [0.2, 0.25) is 0 Å². The number of nitrogens with one attached hydrogen (secondary N) is 2. The largest absolute Gasteiger partial charge is 0.456 e. The van der Waals surface area contributed by atoms with Gasteiger partial charge in [-0.05, 0) is 12.1 Å². The first-order valence-electron chi connectivity index (χ1n) is 7.90. The number of carbonyl (C=O) groups is 3. The summed E-state index contributed by atoms with van der Waals surface area (Å²) in [4.78, 5) is 50.4. The number of esters is 1. The van der Waals surface area contributed by atoms with E-state index in [1.807, 2.05) is 0 Å². The number of fused-ring (bicyclic) bond motifs is 1. The van der Waals surface area contributed by atoms with Crippen molar-refractivity contribution in [3.05, 3.63) is 40.9 Å². The van der Waals surface area contributed by atoms with Gasteiger partial charge in [-0.3, -0.25) is 24.3 Å². The monoisotopic (exact) mass is 400 g/mol. The molecule has 0 spiro atoms. The molecule has 9 nitrogen and oxygen atoms in total. The lowest BCUT2D eigenvalue weighted by atomic mass is 10.2. The van der Waals surface area contributed by atoms with E-state index in [1.54, 1.807) is 29.6 Å². The Kier molecular flexibility index (Phi) is 6.69. The van der Waals surface area contributed by atoms with Crippen LogP contribution >= 0.6 is 0 Å². The van der Waals surface area contributed by atoms with E-state index in [1.165, 1.54) is 16.2 Å². The number of imide groups is 1. The van der Waals surface area contributed by atoms with Crippen LogP contribution in [0.3, 0.4) is 0 Å². The normalized spacial score (nSPS) is 11.1. The second-order valence-electron chi connectivity index (χ2n) is 5.52. The Morgan fingerprint density at radius 3 is 2.61 bits per heavy atom. The van der Waals surface area contributed by atoms with Gasteiger partial charge in [0, 0.05) is 6.54 Å². The van der Waals surface area contributed by atoms with Crippen molar-refractivity contribution in [1.29, 1.82) is 0 Å². The van der Waals surface area contributed by atoms with E-state index >= 15 is 0 Å². The van der Waals surface area contributed by atoms with Crippen LogP contribution in [0.15, 0.2) is 35.4 Å². The zero-order valence-corrected chi connectivity index (χ0v) is 14.3. The number of hydrogen-bond donors (Lipinski definition) is 2. The third kappa shape index (κ3) is 6.37. The van der Waals surface area contributed by atoms with Gasteiger partial charge in [0.25, 0.3) is 11.5 Å². The number of urea groups is 1. The van der Waals surface area contributed by atoms with Gasteiger partial charge in [-0.25, -0.2) is 9.78 Å². The van der Waals surface area contributed by atoms with E-state index in [2.05, 4.69) is 9.72 Å². The average Bonchev–Trinajstić information content (AvgIpc) is 2.64. The molecule has 0 aliphatic carbocycles. The maximum Gasteiger partial charge on any atom is 0.405 e. The van der Waals surface area contributed by atoms with Gasteiger partial charge in [-0.1, -0.05) is 12.1 Å². The fraction of sp³-hybridized carbons (Fsp3) is 0.312. The summed E-state index contributed by atoms with van der Waals surface area (Å²) in [7, 11) is 0. The van der Waals surface area contributed by atoms with Crippen LogP contribution < -0.4 is 16.2 Å². The third-order valence-corrected chi connectivity index (χ3v) is 3.35. The van der Waals surface area contributed by atoms with Gasteiger partial charge in [-0.15, -0.1) is 0 Å². The van der Waals surface area contributed by atoms with Crippen molar-refractivity contribution >= 4 is 28.8 Å². The summed E-state index contributed by atoms with van der Waals surface area (Å²) in [6.07, 6.45) is -3.61. The summed E-state index contributed by atoms with van der Waals surface area (Å²) in [6, 6.07) is 5.29. The molecule has 150 valence electrons. The number of hydrogen-bond acceptors (Lipinski definition) is 6. The van der Waals surface area contributed by atoms with Crippen molar-refractivity contribution in [3.63, 3.8) is 0 Å². The van der Waals surface area contributed by atoms with Crippen molar-refractivity contribution in [1.82, 2.24) is 20.2 Å². The Bertz CT molecular complexity index is 942. The van der Waals surface area contributed by atoms with Crippen LogP contribution in [0.5, 0.6) is 0 Å². The summed E-state index contributed by atoms with van der Waals surface area (Å²) < 4.78 is 41.6. The molecular weight excluding hydrogens is 385 g/mol. The molecule has 0 unspecified atom stereocenters. The highest BCUT2D eigenvalue weighted by atomic mass is 19.4. The Morgan fingerprint density at radius 1 is 1.18 bits per heavy atom. The minimum Gasteiger partial charge on any atom is -0.456 e. The molecule has 2 aromatic rings. The Labute approximate surface area is 155 Å². The Hall–Kier alpha value is -3.44. The maximum absolute atomic E-state index is 12.2. The number of halogens is 3. The Morgan fingerprint density at radius 2 is 1.89 bits per heavy atom. The van der Waals surface area contributed by atoms with Gasteiger partial charge in [-0.2, -0.15) is 13.2 Å². The number of aryl methyl sites for hydroxylation is 1. The van der Waals surface area contributed by atoms with Crippen LogP contribution in [0.4, 0.5) is 18.0 Å². The van der Waals surface area contributed by atoms with Gasteiger partial charge in [0.15, 0.2) is 6.61 Å². The first kappa shape index (κ1) is 20.9. The predicted molar refractivity (Wildman–Crippen MR) is 89.2 cm³/mol. The minimum absolute atomic E-state index is 0.0524. The van der Waals surface area contributed by atoms with Gasteiger partial charge < -0.3 is 10.1 Å². The SMILES string of the molecule is O=C(COC(=O)CCn1cnc2ccccc2c1=O)NC(=O)NCC(F)(F)F. The molecule has 28 heavy (non-hydrogen) atoms. The van der Waals surface area contributed by atoms with Crippen molar-refractivity contribution in [2.75, 3.05) is 13.2 Å². The molecule has 3 amide bonds.